The van der Waals surface area contributed by atoms with E-state index in [9.17, 15) is 9.59 Å². The van der Waals surface area contributed by atoms with Gasteiger partial charge in [0.25, 0.3) is 5.91 Å². The molecule has 2 aromatic carbocycles. The summed E-state index contributed by atoms with van der Waals surface area (Å²) in [5.41, 5.74) is 2.91. The fraction of sp³-hybridized carbons (Fsp3) is 0.238. The zero-order valence-electron chi connectivity index (χ0n) is 16.2. The molecule has 0 spiro atoms. The van der Waals surface area contributed by atoms with Gasteiger partial charge in [-0.2, -0.15) is 0 Å². The largest absolute Gasteiger partial charge is 0.349 e. The Kier molecular flexibility index (Phi) is 7.37. The lowest BCUT2D eigenvalue weighted by atomic mass is 10.1. The smallest absolute Gasteiger partial charge is 0.286 e. The van der Waals surface area contributed by atoms with Gasteiger partial charge in [0.2, 0.25) is 10.9 Å². The summed E-state index contributed by atoms with van der Waals surface area (Å²) in [6.45, 7) is 3.95. The van der Waals surface area contributed by atoms with E-state index in [0.29, 0.717) is 21.5 Å². The van der Waals surface area contributed by atoms with Gasteiger partial charge in [0.15, 0.2) is 0 Å². The van der Waals surface area contributed by atoms with Crippen molar-refractivity contribution in [3.8, 4) is 0 Å². The van der Waals surface area contributed by atoms with E-state index in [1.807, 2.05) is 68.4 Å². The van der Waals surface area contributed by atoms with Crippen LogP contribution >= 0.6 is 23.1 Å². The number of nitrogens with one attached hydrogen (secondary N) is 2. The summed E-state index contributed by atoms with van der Waals surface area (Å²) in [4.78, 5) is 24.4. The van der Waals surface area contributed by atoms with Crippen molar-refractivity contribution in [1.29, 1.82) is 0 Å². The standard InChI is InChI=1S/C21H22N4O2S2/c1-14-8-10-17(11-9-14)23-20(27)21-25-24-19(29-21)13-28-12-18(26)22-15(2)16-6-4-3-5-7-16/h3-11,15H,12-13H2,1-2H3,(H,22,26)(H,23,27)/t15-/m0/s1. The second-order valence-electron chi connectivity index (χ2n) is 6.51. The van der Waals surface area contributed by atoms with Crippen LogP contribution in [0.15, 0.2) is 54.6 Å². The summed E-state index contributed by atoms with van der Waals surface area (Å²) < 4.78 is 0. The highest BCUT2D eigenvalue weighted by Crippen LogP contribution is 2.19. The van der Waals surface area contributed by atoms with Crippen molar-refractivity contribution in [3.05, 3.63) is 75.7 Å². The highest BCUT2D eigenvalue weighted by atomic mass is 32.2. The number of aromatic nitrogens is 2. The number of hydrogen-bond donors (Lipinski definition) is 2. The van der Waals surface area contributed by atoms with Crippen molar-refractivity contribution in [3.63, 3.8) is 0 Å². The van der Waals surface area contributed by atoms with Crippen molar-refractivity contribution in [2.75, 3.05) is 11.1 Å². The molecule has 0 aliphatic carbocycles. The predicted molar refractivity (Wildman–Crippen MR) is 118 cm³/mol. The number of aryl methyl sites for hydroxylation is 1. The maximum atomic E-state index is 12.3. The van der Waals surface area contributed by atoms with Gasteiger partial charge in [-0.25, -0.2) is 0 Å². The Morgan fingerprint density at radius 3 is 2.52 bits per heavy atom. The minimum Gasteiger partial charge on any atom is -0.349 e. The van der Waals surface area contributed by atoms with Crippen LogP contribution in [0, 0.1) is 6.92 Å². The maximum absolute atomic E-state index is 12.3. The number of anilines is 1. The molecule has 2 amide bonds. The lowest BCUT2D eigenvalue weighted by molar-refractivity contribution is -0.119. The average Bonchev–Trinajstić information content (AvgIpc) is 3.19. The summed E-state index contributed by atoms with van der Waals surface area (Å²) in [6.07, 6.45) is 0. The first-order valence-electron chi connectivity index (χ1n) is 9.13. The molecule has 0 unspecified atom stereocenters. The predicted octanol–water partition coefficient (Wildman–Crippen LogP) is 4.21. The highest BCUT2D eigenvalue weighted by molar-refractivity contribution is 7.99. The molecule has 1 heterocycles. The molecule has 0 aliphatic heterocycles. The normalized spacial score (nSPS) is 11.7. The molecule has 0 saturated carbocycles. The molecule has 1 aromatic heterocycles. The lowest BCUT2D eigenvalue weighted by Crippen LogP contribution is -2.28. The minimum absolute atomic E-state index is 0.0341. The SMILES string of the molecule is Cc1ccc(NC(=O)c2nnc(CSCC(=O)N[C@@H](C)c3ccccc3)s2)cc1. The first-order chi connectivity index (χ1) is 14.0. The van der Waals surface area contributed by atoms with Crippen molar-refractivity contribution in [1.82, 2.24) is 15.5 Å². The number of carbonyl (C=O) groups is 2. The molecule has 1 atom stereocenters. The van der Waals surface area contributed by atoms with E-state index in [1.165, 1.54) is 23.1 Å². The number of rotatable bonds is 8. The zero-order chi connectivity index (χ0) is 20.6. The Hall–Kier alpha value is -2.71. The Bertz CT molecular complexity index is 958. The van der Waals surface area contributed by atoms with Crippen molar-refractivity contribution < 1.29 is 9.59 Å². The number of carbonyl (C=O) groups excluding carboxylic acids is 2. The second kappa shape index (κ2) is 10.2. The summed E-state index contributed by atoms with van der Waals surface area (Å²) >= 11 is 2.69. The van der Waals surface area contributed by atoms with Crippen molar-refractivity contribution in [2.45, 2.75) is 25.6 Å². The molecule has 0 aliphatic rings. The molecular formula is C21H22N4O2S2. The van der Waals surface area contributed by atoms with Crippen LogP contribution in [-0.2, 0) is 10.5 Å². The van der Waals surface area contributed by atoms with Gasteiger partial charge in [-0.15, -0.1) is 22.0 Å². The molecule has 0 fully saturated rings. The van der Waals surface area contributed by atoms with Gasteiger partial charge in [-0.05, 0) is 31.5 Å². The van der Waals surface area contributed by atoms with Crippen LogP contribution in [0.5, 0.6) is 0 Å². The van der Waals surface area contributed by atoms with Crippen molar-refractivity contribution in [2.24, 2.45) is 0 Å². The Balaban J connectivity index is 1.43. The maximum Gasteiger partial charge on any atom is 0.286 e. The summed E-state index contributed by atoms with van der Waals surface area (Å²) in [6, 6.07) is 17.4. The van der Waals surface area contributed by atoms with Crippen LogP contribution < -0.4 is 10.6 Å². The van der Waals surface area contributed by atoms with E-state index in [0.717, 1.165) is 16.8 Å². The zero-order valence-corrected chi connectivity index (χ0v) is 17.8. The highest BCUT2D eigenvalue weighted by Gasteiger charge is 2.14. The number of thioether (sulfide) groups is 1. The van der Waals surface area contributed by atoms with E-state index in [4.69, 9.17) is 0 Å². The van der Waals surface area contributed by atoms with Crippen LogP contribution in [0.4, 0.5) is 5.69 Å². The number of nitrogens with zero attached hydrogens (tertiary/aromatic N) is 2. The van der Waals surface area contributed by atoms with E-state index in [2.05, 4.69) is 20.8 Å². The Morgan fingerprint density at radius 1 is 1.07 bits per heavy atom. The molecule has 3 rings (SSSR count). The van der Waals surface area contributed by atoms with Gasteiger partial charge >= 0.3 is 0 Å². The van der Waals surface area contributed by atoms with E-state index in [1.54, 1.807) is 0 Å². The molecule has 0 radical (unpaired) electrons. The van der Waals surface area contributed by atoms with Crippen LogP contribution in [-0.4, -0.2) is 27.8 Å². The molecule has 3 aromatic rings. The minimum atomic E-state index is -0.281. The van der Waals surface area contributed by atoms with Crippen LogP contribution in [0.25, 0.3) is 0 Å². The van der Waals surface area contributed by atoms with Crippen molar-refractivity contribution >= 4 is 40.6 Å². The quantitative estimate of drug-likeness (QED) is 0.564. The number of benzene rings is 2. The van der Waals surface area contributed by atoms with Gasteiger partial charge in [0.1, 0.15) is 5.01 Å². The van der Waals surface area contributed by atoms with Gasteiger partial charge in [-0.1, -0.05) is 59.4 Å². The molecule has 8 heteroatoms. The van der Waals surface area contributed by atoms with Crippen LogP contribution in [0.2, 0.25) is 0 Å². The third-order valence-corrected chi connectivity index (χ3v) is 6.15. The Labute approximate surface area is 178 Å². The molecular weight excluding hydrogens is 404 g/mol. The fourth-order valence-electron chi connectivity index (χ4n) is 2.56. The Morgan fingerprint density at radius 2 is 1.79 bits per heavy atom. The summed E-state index contributed by atoms with van der Waals surface area (Å²) in [7, 11) is 0. The second-order valence-corrected chi connectivity index (χ2v) is 8.56. The molecule has 150 valence electrons. The number of hydrogen-bond acceptors (Lipinski definition) is 6. The van der Waals surface area contributed by atoms with Crippen LogP contribution in [0.1, 0.15) is 38.9 Å². The third kappa shape index (κ3) is 6.40. The van der Waals surface area contributed by atoms with Gasteiger partial charge in [-0.3, -0.25) is 9.59 Å². The number of amides is 2. The van der Waals surface area contributed by atoms with Gasteiger partial charge in [0, 0.05) is 11.4 Å². The molecule has 29 heavy (non-hydrogen) atoms. The van der Waals surface area contributed by atoms with Gasteiger partial charge in [0.05, 0.1) is 11.8 Å². The topological polar surface area (TPSA) is 84.0 Å². The van der Waals surface area contributed by atoms with Crippen LogP contribution in [0.3, 0.4) is 0 Å². The van der Waals surface area contributed by atoms with Gasteiger partial charge < -0.3 is 10.6 Å². The van der Waals surface area contributed by atoms with E-state index < -0.39 is 0 Å². The third-order valence-electron chi connectivity index (χ3n) is 4.11. The summed E-state index contributed by atoms with van der Waals surface area (Å²) in [5, 5.41) is 14.8. The molecule has 0 saturated heterocycles. The molecule has 6 nitrogen and oxygen atoms in total. The molecule has 0 bridgehead atoms. The first-order valence-corrected chi connectivity index (χ1v) is 11.1. The fourth-order valence-corrected chi connectivity index (χ4v) is 4.18. The monoisotopic (exact) mass is 426 g/mol. The van der Waals surface area contributed by atoms with E-state index >= 15 is 0 Å². The average molecular weight is 427 g/mol. The summed E-state index contributed by atoms with van der Waals surface area (Å²) in [5.74, 6) is 0.537. The molecule has 2 N–H and O–H groups in total. The van der Waals surface area contributed by atoms with E-state index in [-0.39, 0.29) is 17.9 Å². The first kappa shape index (κ1) is 21.0. The lowest BCUT2D eigenvalue weighted by Gasteiger charge is -2.13.